The Morgan fingerprint density at radius 2 is 2.04 bits per heavy atom. The molecule has 0 aromatic rings. The average molecular weight is 316 g/mol. The van der Waals surface area contributed by atoms with E-state index in [9.17, 15) is 15.0 Å². The minimum Gasteiger partial charge on any atom is -0.481 e. The summed E-state index contributed by atoms with van der Waals surface area (Å²) in [5.41, 5.74) is 1.51. The minimum atomic E-state index is -0.643. The zero-order chi connectivity index (χ0) is 16.6. The van der Waals surface area contributed by atoms with Crippen molar-refractivity contribution in [2.75, 3.05) is 0 Å². The van der Waals surface area contributed by atoms with Crippen LogP contribution >= 0.6 is 0 Å². The maximum Gasteiger partial charge on any atom is 0.309 e. The Morgan fingerprint density at radius 3 is 2.74 bits per heavy atom. The Hall–Kier alpha value is -1.09. The molecule has 2 N–H and O–H groups in total. The van der Waals surface area contributed by atoms with E-state index in [1.54, 1.807) is 0 Å². The van der Waals surface area contributed by atoms with Gasteiger partial charge in [-0.3, -0.25) is 4.79 Å². The third kappa shape index (κ3) is 1.67. The number of aliphatic carboxylic acids is 1. The van der Waals surface area contributed by atoms with Crippen molar-refractivity contribution in [1.82, 2.24) is 0 Å². The number of hydrogen-bond acceptors (Lipinski definition) is 2. The van der Waals surface area contributed by atoms with Crippen molar-refractivity contribution in [3.8, 4) is 0 Å². The van der Waals surface area contributed by atoms with Crippen molar-refractivity contribution in [3.63, 3.8) is 0 Å². The fraction of sp³-hybridized carbons (Fsp3) is 0.750. The molecule has 126 valence electrons. The van der Waals surface area contributed by atoms with E-state index in [0.717, 1.165) is 50.5 Å². The lowest BCUT2D eigenvalue weighted by atomic mass is 9.43. The quantitative estimate of drug-likeness (QED) is 0.721. The summed E-state index contributed by atoms with van der Waals surface area (Å²) in [6.07, 6.45) is 8.53. The van der Waals surface area contributed by atoms with Gasteiger partial charge in [-0.25, -0.2) is 0 Å². The molecule has 0 aliphatic heterocycles. The van der Waals surface area contributed by atoms with Gasteiger partial charge in [0, 0.05) is 5.41 Å². The molecule has 1 spiro atoms. The number of aliphatic hydroxyl groups excluding tert-OH is 1. The molecule has 3 fully saturated rings. The SMILES string of the molecule is C=C1C2CC=C3C4(C)CCCC(C)(C(=O)O)C4CCC3(C2)C1O. The van der Waals surface area contributed by atoms with Gasteiger partial charge in [-0.2, -0.15) is 0 Å². The first-order chi connectivity index (χ1) is 10.8. The second-order valence-corrected chi connectivity index (χ2v) is 8.97. The van der Waals surface area contributed by atoms with E-state index >= 15 is 0 Å². The van der Waals surface area contributed by atoms with Crippen molar-refractivity contribution in [2.45, 2.75) is 64.9 Å². The number of carboxylic acid groups (broad SMARTS) is 1. The highest BCUT2D eigenvalue weighted by atomic mass is 16.4. The minimum absolute atomic E-state index is 0.0831. The lowest BCUT2D eigenvalue weighted by molar-refractivity contribution is -0.162. The summed E-state index contributed by atoms with van der Waals surface area (Å²) in [5.74, 6) is -0.0471. The summed E-state index contributed by atoms with van der Waals surface area (Å²) in [6, 6.07) is 0. The fourth-order valence-corrected chi connectivity index (χ4v) is 6.88. The molecular formula is C20H28O3. The van der Waals surface area contributed by atoms with Crippen LogP contribution in [-0.4, -0.2) is 22.3 Å². The number of rotatable bonds is 1. The molecule has 0 aromatic heterocycles. The lowest BCUT2D eigenvalue weighted by Gasteiger charge is -2.60. The molecule has 4 aliphatic carbocycles. The molecule has 3 saturated carbocycles. The number of aliphatic hydroxyl groups is 1. The van der Waals surface area contributed by atoms with Crippen LogP contribution in [0.4, 0.5) is 0 Å². The van der Waals surface area contributed by atoms with E-state index in [4.69, 9.17) is 0 Å². The first-order valence-electron chi connectivity index (χ1n) is 9.07. The highest BCUT2D eigenvalue weighted by molar-refractivity contribution is 5.75. The van der Waals surface area contributed by atoms with E-state index in [0.29, 0.717) is 5.92 Å². The highest BCUT2D eigenvalue weighted by Crippen LogP contribution is 2.70. The summed E-state index contributed by atoms with van der Waals surface area (Å²) in [4.78, 5) is 12.0. The van der Waals surface area contributed by atoms with Gasteiger partial charge >= 0.3 is 5.97 Å². The van der Waals surface area contributed by atoms with Gasteiger partial charge < -0.3 is 10.2 Å². The first kappa shape index (κ1) is 15.4. The Bertz CT molecular complexity index is 620. The first-order valence-corrected chi connectivity index (χ1v) is 9.07. The summed E-state index contributed by atoms with van der Waals surface area (Å²) in [6.45, 7) is 8.40. The van der Waals surface area contributed by atoms with Crippen LogP contribution in [0.1, 0.15) is 58.8 Å². The van der Waals surface area contributed by atoms with Crippen molar-refractivity contribution in [1.29, 1.82) is 0 Å². The summed E-state index contributed by atoms with van der Waals surface area (Å²) < 4.78 is 0. The van der Waals surface area contributed by atoms with Gasteiger partial charge in [-0.05, 0) is 68.3 Å². The number of carbonyl (C=O) groups is 1. The maximum absolute atomic E-state index is 12.0. The van der Waals surface area contributed by atoms with Crippen LogP contribution < -0.4 is 0 Å². The standard InChI is InChI=1S/C20H28O3/c1-12-13-5-6-15-18(2)8-4-9-19(3,17(22)23)14(18)7-10-20(15,11-13)16(12)21/h6,13-14,16,21H,1,4-5,7-11H2,2-3H3,(H,22,23). The molecule has 6 atom stereocenters. The van der Waals surface area contributed by atoms with E-state index in [2.05, 4.69) is 19.6 Å². The average Bonchev–Trinajstić information content (AvgIpc) is 2.68. The van der Waals surface area contributed by atoms with Gasteiger partial charge in [0.1, 0.15) is 0 Å². The van der Waals surface area contributed by atoms with Crippen LogP contribution in [0, 0.1) is 28.1 Å². The number of allylic oxidation sites excluding steroid dienone is 1. The molecule has 0 radical (unpaired) electrons. The van der Waals surface area contributed by atoms with E-state index in [1.807, 2.05) is 6.92 Å². The topological polar surface area (TPSA) is 57.5 Å². The van der Waals surface area contributed by atoms with E-state index in [1.165, 1.54) is 5.57 Å². The molecule has 2 bridgehead atoms. The molecule has 3 nitrogen and oxygen atoms in total. The summed E-state index contributed by atoms with van der Waals surface area (Å²) >= 11 is 0. The van der Waals surface area contributed by atoms with Crippen molar-refractivity contribution < 1.29 is 15.0 Å². The van der Waals surface area contributed by atoms with Gasteiger partial charge in [0.15, 0.2) is 0 Å². The van der Waals surface area contributed by atoms with Gasteiger partial charge in [0.05, 0.1) is 11.5 Å². The van der Waals surface area contributed by atoms with Gasteiger partial charge in [0.25, 0.3) is 0 Å². The van der Waals surface area contributed by atoms with Crippen LogP contribution in [0.25, 0.3) is 0 Å². The van der Waals surface area contributed by atoms with Crippen LogP contribution in [-0.2, 0) is 4.79 Å². The predicted molar refractivity (Wildman–Crippen MR) is 88.8 cm³/mol. The van der Waals surface area contributed by atoms with Crippen molar-refractivity contribution in [3.05, 3.63) is 23.8 Å². The Labute approximate surface area is 138 Å². The predicted octanol–water partition coefficient (Wildman–Crippen LogP) is 3.93. The molecule has 6 unspecified atom stereocenters. The second kappa shape index (κ2) is 4.50. The van der Waals surface area contributed by atoms with Crippen LogP contribution in [0.3, 0.4) is 0 Å². The van der Waals surface area contributed by atoms with Crippen LogP contribution in [0.2, 0.25) is 0 Å². The maximum atomic E-state index is 12.0. The Morgan fingerprint density at radius 1 is 1.30 bits per heavy atom. The molecular weight excluding hydrogens is 288 g/mol. The summed E-state index contributed by atoms with van der Waals surface area (Å²) in [7, 11) is 0. The van der Waals surface area contributed by atoms with Crippen LogP contribution in [0.5, 0.6) is 0 Å². The Kier molecular flexibility index (Phi) is 3.02. The normalized spacial score (nSPS) is 51.7. The second-order valence-electron chi connectivity index (χ2n) is 8.97. The molecule has 0 aromatic carbocycles. The monoisotopic (exact) mass is 316 g/mol. The third-order valence-corrected chi connectivity index (χ3v) is 8.07. The van der Waals surface area contributed by atoms with Crippen molar-refractivity contribution >= 4 is 5.97 Å². The molecule has 4 rings (SSSR count). The van der Waals surface area contributed by atoms with E-state index in [-0.39, 0.29) is 16.7 Å². The molecule has 0 amide bonds. The third-order valence-electron chi connectivity index (χ3n) is 8.07. The fourth-order valence-electron chi connectivity index (χ4n) is 6.88. The smallest absolute Gasteiger partial charge is 0.309 e. The van der Waals surface area contributed by atoms with E-state index < -0.39 is 17.5 Å². The summed E-state index contributed by atoms with van der Waals surface area (Å²) in [5, 5.41) is 20.8. The zero-order valence-electron chi connectivity index (χ0n) is 14.3. The number of hydrogen-bond donors (Lipinski definition) is 2. The molecule has 23 heavy (non-hydrogen) atoms. The number of fused-ring (bicyclic) bond motifs is 3. The largest absolute Gasteiger partial charge is 0.481 e. The molecule has 4 aliphatic rings. The van der Waals surface area contributed by atoms with Crippen LogP contribution in [0.15, 0.2) is 23.8 Å². The van der Waals surface area contributed by atoms with Gasteiger partial charge in [-0.15, -0.1) is 0 Å². The van der Waals surface area contributed by atoms with Gasteiger partial charge in [0.2, 0.25) is 0 Å². The molecule has 3 heteroatoms. The number of carboxylic acids is 1. The molecule has 0 heterocycles. The van der Waals surface area contributed by atoms with Crippen molar-refractivity contribution in [2.24, 2.45) is 28.1 Å². The lowest BCUT2D eigenvalue weighted by Crippen LogP contribution is -2.56. The highest BCUT2D eigenvalue weighted by Gasteiger charge is 2.65. The Balaban J connectivity index is 1.82. The molecule has 0 saturated heterocycles. The van der Waals surface area contributed by atoms with Gasteiger partial charge in [-0.1, -0.05) is 31.6 Å². The zero-order valence-corrected chi connectivity index (χ0v) is 14.3.